The van der Waals surface area contributed by atoms with E-state index in [1.165, 1.54) is 25.4 Å². The maximum absolute atomic E-state index is 14.8. The number of ether oxygens (including phenoxy) is 3. The van der Waals surface area contributed by atoms with Gasteiger partial charge in [0.25, 0.3) is 0 Å². The van der Waals surface area contributed by atoms with Crippen molar-refractivity contribution in [2.45, 2.75) is 114 Å². The van der Waals surface area contributed by atoms with Crippen molar-refractivity contribution in [2.75, 3.05) is 77.1 Å². The van der Waals surface area contributed by atoms with Crippen LogP contribution in [-0.4, -0.2) is 132 Å². The summed E-state index contributed by atoms with van der Waals surface area (Å²) in [7, 11) is 0. The van der Waals surface area contributed by atoms with Crippen molar-refractivity contribution in [1.29, 1.82) is 5.26 Å². The molecule has 2 aromatic heterocycles. The van der Waals surface area contributed by atoms with E-state index in [9.17, 15) is 73.1 Å². The molecule has 1 saturated heterocycles. The van der Waals surface area contributed by atoms with E-state index in [-0.39, 0.29) is 79.5 Å². The molecule has 9 rings (SSSR count). The van der Waals surface area contributed by atoms with Gasteiger partial charge < -0.3 is 48.5 Å². The number of carboxylic acid groups (broad SMARTS) is 1. The summed E-state index contributed by atoms with van der Waals surface area (Å²) in [5.74, 6) is -15.7. The van der Waals surface area contributed by atoms with Gasteiger partial charge in [0.15, 0.2) is 34.9 Å². The first-order valence-electron chi connectivity index (χ1n) is 30.8. The lowest BCUT2D eigenvalue weighted by atomic mass is 10.0. The second-order valence-corrected chi connectivity index (χ2v) is 20.7. The van der Waals surface area contributed by atoms with Crippen molar-refractivity contribution >= 4 is 63.3 Å². The number of hydrogen-bond acceptors (Lipinski definition) is 17. The molecule has 0 unspecified atom stereocenters. The summed E-state index contributed by atoms with van der Waals surface area (Å²) < 4.78 is 137. The van der Waals surface area contributed by atoms with Gasteiger partial charge in [-0.1, -0.05) is 20.4 Å². The monoisotopic (exact) mass is 1390 g/mol. The Morgan fingerprint density at radius 1 is 0.571 bits per heavy atom. The maximum Gasteiger partial charge on any atom is 0.373 e. The number of carbonyl (C=O) groups is 5. The molecule has 6 aromatic rings. The Morgan fingerprint density at radius 3 is 1.37 bits per heavy atom. The number of hydrogen-bond donors (Lipinski definition) is 2. The number of allylic oxidation sites excluding steroid dienone is 1. The van der Waals surface area contributed by atoms with Crippen LogP contribution in [0.5, 0.6) is 0 Å². The molecule has 20 nitrogen and oxygen atoms in total. The zero-order valence-corrected chi connectivity index (χ0v) is 54.9. The molecule has 2 aliphatic carbocycles. The van der Waals surface area contributed by atoms with Gasteiger partial charge in [-0.3, -0.25) is 14.4 Å². The van der Waals surface area contributed by atoms with E-state index in [2.05, 4.69) is 43.3 Å². The quantitative estimate of drug-likeness (QED) is 0.0112. The number of fused-ring (bicyclic) bond motifs is 2. The minimum absolute atomic E-state index is 0. The van der Waals surface area contributed by atoms with Gasteiger partial charge >= 0.3 is 30.0 Å². The molecule has 29 heteroatoms. The minimum Gasteiger partial charge on any atom is -0.478 e. The van der Waals surface area contributed by atoms with Gasteiger partial charge in [0, 0.05) is 119 Å². The highest BCUT2D eigenvalue weighted by Crippen LogP contribution is 2.39. The molecule has 532 valence electrons. The van der Waals surface area contributed by atoms with Crippen LogP contribution in [0, 0.1) is 63.7 Å². The Morgan fingerprint density at radius 2 is 0.959 bits per heavy atom. The number of Topliss-reactive ketones (excluding diaryl/α,β-unsaturated/α-hetero) is 1. The molecule has 2 saturated carbocycles. The van der Waals surface area contributed by atoms with Gasteiger partial charge in [-0.25, -0.2) is 58.7 Å². The lowest BCUT2D eigenvalue weighted by Crippen LogP contribution is -2.43. The number of nitriles is 1. The summed E-state index contributed by atoms with van der Waals surface area (Å²) in [5.41, 5.74) is -1.85. The predicted octanol–water partition coefficient (Wildman–Crippen LogP) is 12.6. The average Bonchev–Trinajstić information content (AvgIpc) is 1.40. The number of halogens is 9. The Kier molecular flexibility index (Phi) is 35.8. The smallest absolute Gasteiger partial charge is 0.373 e. The molecule has 0 bridgehead atoms. The van der Waals surface area contributed by atoms with Crippen LogP contribution in [0.3, 0.4) is 0 Å². The van der Waals surface area contributed by atoms with Gasteiger partial charge in [0.2, 0.25) is 16.6 Å². The number of ketones is 1. The fourth-order valence-corrected chi connectivity index (χ4v) is 9.09. The van der Waals surface area contributed by atoms with Gasteiger partial charge in [-0.15, -0.1) is 0 Å². The topological polar surface area (TPSA) is 257 Å². The maximum atomic E-state index is 14.8. The van der Waals surface area contributed by atoms with Crippen molar-refractivity contribution in [3.8, 4) is 6.07 Å². The minimum atomic E-state index is -1.63. The average molecular weight is 1390 g/mol. The number of nitrogens with one attached hydrogen (secondary N) is 1. The Bertz CT molecular complexity index is 4000. The normalized spacial score (nSPS) is 12.7. The number of rotatable bonds is 19. The Balaban J connectivity index is 0.000000422. The number of carbonyl (C=O) groups excluding carboxylic acids is 6. The first-order valence-corrected chi connectivity index (χ1v) is 30.8. The third kappa shape index (κ3) is 23.9. The van der Waals surface area contributed by atoms with E-state index in [1.54, 1.807) is 62.4 Å². The number of pyridine rings is 2. The van der Waals surface area contributed by atoms with Crippen LogP contribution in [0.4, 0.5) is 45.2 Å². The summed E-state index contributed by atoms with van der Waals surface area (Å²) in [6.45, 7) is 23.0. The van der Waals surface area contributed by atoms with Crippen LogP contribution in [-0.2, 0) is 28.6 Å². The van der Waals surface area contributed by atoms with Gasteiger partial charge in [0.05, 0.1) is 53.7 Å². The lowest BCUT2D eigenvalue weighted by Gasteiger charge is -2.30. The predicted molar refractivity (Wildman–Crippen MR) is 347 cm³/mol. The molecule has 2 N–H and O–H groups in total. The molecule has 3 aliphatic rings. The third-order valence-electron chi connectivity index (χ3n) is 14.2. The van der Waals surface area contributed by atoms with Crippen molar-refractivity contribution in [3.63, 3.8) is 0 Å². The summed E-state index contributed by atoms with van der Waals surface area (Å²) in [6.07, 6.45) is 13.7. The van der Waals surface area contributed by atoms with Crippen molar-refractivity contribution in [2.24, 2.45) is 0 Å². The number of aromatic nitrogens is 2. The molecular weight excluding hydrogens is 1310 g/mol. The molecule has 3 fully saturated rings. The highest BCUT2D eigenvalue weighted by Gasteiger charge is 2.31. The number of anilines is 1. The third-order valence-corrected chi connectivity index (χ3v) is 14.2. The van der Waals surface area contributed by atoms with Crippen LogP contribution in [0.1, 0.15) is 155 Å². The van der Waals surface area contributed by atoms with Crippen molar-refractivity contribution in [3.05, 3.63) is 180 Å². The molecule has 0 spiro atoms. The number of piperazine rings is 1. The van der Waals surface area contributed by atoms with Crippen molar-refractivity contribution < 1.29 is 92.4 Å². The van der Waals surface area contributed by atoms with Crippen LogP contribution < -0.4 is 21.1 Å². The second kappa shape index (κ2) is 41.8. The fraction of sp³-hybridized carbons (Fsp3) is 0.406. The van der Waals surface area contributed by atoms with E-state index < -0.39 is 110 Å². The van der Waals surface area contributed by atoms with E-state index >= 15 is 0 Å². The summed E-state index contributed by atoms with van der Waals surface area (Å²) >= 11 is 0. The summed E-state index contributed by atoms with van der Waals surface area (Å²) in [6, 6.07) is 8.16. The van der Waals surface area contributed by atoms with Crippen LogP contribution in [0.15, 0.2) is 94.6 Å². The molecule has 3 heterocycles. The Hall–Kier alpha value is -10.1. The Labute approximate surface area is 560 Å². The van der Waals surface area contributed by atoms with E-state index in [1.807, 2.05) is 9.47 Å². The van der Waals surface area contributed by atoms with Crippen molar-refractivity contribution in [1.82, 2.24) is 24.3 Å². The van der Waals surface area contributed by atoms with E-state index in [0.29, 0.717) is 41.9 Å². The van der Waals surface area contributed by atoms with Crippen LogP contribution >= 0.6 is 0 Å². The first kappa shape index (κ1) is 84.0. The highest BCUT2D eigenvalue weighted by molar-refractivity contribution is 6.24. The molecular formula is C69H80F9N7O13. The SMILES string of the molecule is C.CC#N.CC/C=C/N(CC)CC.CCOC(=O)/C(=C\N(CC)CC)C(=O)c1cc(F)c(F)cc1F.CCOC(=O)c1cn(C2CC2)c2cc(F)c(F)cc2c1=O.CCOC(=O)c1cn(C2CC2)c2cc(N3CCNCC3)c(F)cc2c1=O.O=C(O)c1cc(F)c(F)cc1F.O=C=O. The fourth-order valence-electron chi connectivity index (χ4n) is 9.09. The molecule has 0 atom stereocenters. The highest BCUT2D eigenvalue weighted by atomic mass is 19.2. The van der Waals surface area contributed by atoms with Gasteiger partial charge in [-0.05, 0) is 117 Å². The van der Waals surface area contributed by atoms with Gasteiger partial charge in [-0.2, -0.15) is 14.9 Å². The number of nitrogens with zero attached hydrogens (tertiary/aromatic N) is 6. The second-order valence-electron chi connectivity index (χ2n) is 20.7. The standard InChI is InChI=1S/C19H22FN3O3.C16H18F3NO3.C15H13F2NO3.C8H17N.C7H3F3O2.C2H3N.CO2.CH4/c1-2-26-19(25)14-11-23(12-3-4-12)16-10-17(22-7-5-21-6-8-22)15(20)9-13(16)18(14)24;1-4-20(5-2)9-11(16(22)23-6-3)15(21)10-7-13(18)14(19)8-12(10)17;1-2-21-15(20)10-7-18(8-3-4-8)13-6-12(17)11(16)5-9(13)14(10)19;1-4-7-8-9(5-2)6-3;8-4-2-6(10)5(9)1-3(4)7(11)12;1-2-3;2-1-3;/h9-12,21H,2-8H2,1H3;7-9H,4-6H2,1-3H3;5-8H,2-4H2,1H3;7-8H,4-6H2,1-3H3;1-2H,(H,11,12);1H3;;1H4/b;11-9-;;8-7+;;;;. The molecule has 0 amide bonds. The van der Waals surface area contributed by atoms with Gasteiger partial charge in [0.1, 0.15) is 34.2 Å². The number of benzene rings is 4. The van der Waals surface area contributed by atoms with E-state index in [0.717, 1.165) is 83.5 Å². The van der Waals surface area contributed by atoms with Crippen LogP contribution in [0.25, 0.3) is 21.8 Å². The number of carboxylic acids is 1. The summed E-state index contributed by atoms with van der Waals surface area (Å²) in [4.78, 5) is 106. The molecule has 4 aromatic carbocycles. The largest absolute Gasteiger partial charge is 0.478 e. The molecule has 98 heavy (non-hydrogen) atoms. The number of aromatic carboxylic acids is 1. The van der Waals surface area contributed by atoms with E-state index in [4.69, 9.17) is 34.2 Å². The zero-order chi connectivity index (χ0) is 72.8. The van der Waals surface area contributed by atoms with Crippen LogP contribution in [0.2, 0.25) is 0 Å². The summed E-state index contributed by atoms with van der Waals surface area (Å²) in [5, 5.41) is 19.0. The molecule has 0 radical (unpaired) electrons. The number of esters is 3. The zero-order valence-electron chi connectivity index (χ0n) is 54.9. The lowest BCUT2D eigenvalue weighted by molar-refractivity contribution is -0.191. The first-order chi connectivity index (χ1) is 46.2. The molecule has 1 aliphatic heterocycles.